The standard InChI is InChI=1S/C16H16BrFO2/c1-16(19,14-5-3-4-6-15(14)20-2)10-11-7-12(17)9-13(18)8-11/h3-9,19H,10H2,1-2H3. The Bertz CT molecular complexity index is 591. The smallest absolute Gasteiger partial charge is 0.124 e. The molecule has 0 heterocycles. The van der Waals surface area contributed by atoms with Gasteiger partial charge in [0.25, 0.3) is 0 Å². The highest BCUT2D eigenvalue weighted by molar-refractivity contribution is 9.10. The summed E-state index contributed by atoms with van der Waals surface area (Å²) in [5.41, 5.74) is 0.260. The SMILES string of the molecule is COc1ccccc1C(C)(O)Cc1cc(F)cc(Br)c1. The molecule has 4 heteroatoms. The summed E-state index contributed by atoms with van der Waals surface area (Å²) in [5.74, 6) is 0.290. The first-order valence-electron chi connectivity index (χ1n) is 6.23. The molecule has 1 N–H and O–H groups in total. The highest BCUT2D eigenvalue weighted by Crippen LogP contribution is 2.33. The van der Waals surface area contributed by atoms with Gasteiger partial charge in [0.2, 0.25) is 0 Å². The summed E-state index contributed by atoms with van der Waals surface area (Å²) in [6, 6.07) is 11.9. The van der Waals surface area contributed by atoms with Gasteiger partial charge in [0, 0.05) is 16.5 Å². The average molecular weight is 339 g/mol. The summed E-state index contributed by atoms with van der Waals surface area (Å²) >= 11 is 3.26. The van der Waals surface area contributed by atoms with Crippen LogP contribution in [0.4, 0.5) is 4.39 Å². The predicted octanol–water partition coefficient (Wildman–Crippen LogP) is 4.05. The van der Waals surface area contributed by atoms with Crippen molar-refractivity contribution in [2.75, 3.05) is 7.11 Å². The quantitative estimate of drug-likeness (QED) is 0.911. The van der Waals surface area contributed by atoms with Crippen molar-refractivity contribution in [3.63, 3.8) is 0 Å². The van der Waals surface area contributed by atoms with Crippen molar-refractivity contribution in [1.82, 2.24) is 0 Å². The molecule has 2 rings (SSSR count). The molecule has 1 atom stereocenters. The molecule has 0 aliphatic rings. The number of para-hydroxylation sites is 1. The maximum atomic E-state index is 13.4. The molecule has 0 saturated heterocycles. The molecule has 0 aromatic heterocycles. The van der Waals surface area contributed by atoms with Crippen LogP contribution < -0.4 is 4.74 Å². The van der Waals surface area contributed by atoms with Gasteiger partial charge in [-0.05, 0) is 36.8 Å². The minimum Gasteiger partial charge on any atom is -0.496 e. The van der Waals surface area contributed by atoms with Crippen LogP contribution in [0.3, 0.4) is 0 Å². The zero-order chi connectivity index (χ0) is 14.8. The van der Waals surface area contributed by atoms with Crippen molar-refractivity contribution in [2.45, 2.75) is 18.9 Å². The van der Waals surface area contributed by atoms with Crippen molar-refractivity contribution >= 4 is 15.9 Å². The topological polar surface area (TPSA) is 29.5 Å². The van der Waals surface area contributed by atoms with Crippen molar-refractivity contribution in [3.05, 3.63) is 63.9 Å². The normalized spacial score (nSPS) is 13.8. The molecule has 0 fully saturated rings. The molecule has 0 radical (unpaired) electrons. The van der Waals surface area contributed by atoms with Gasteiger partial charge in [0.05, 0.1) is 12.7 Å². The first-order valence-corrected chi connectivity index (χ1v) is 7.02. The lowest BCUT2D eigenvalue weighted by Crippen LogP contribution is -2.25. The molecule has 0 amide bonds. The van der Waals surface area contributed by atoms with Gasteiger partial charge in [0.1, 0.15) is 11.6 Å². The highest BCUT2D eigenvalue weighted by atomic mass is 79.9. The van der Waals surface area contributed by atoms with Crippen molar-refractivity contribution in [2.24, 2.45) is 0 Å². The zero-order valence-electron chi connectivity index (χ0n) is 11.4. The van der Waals surface area contributed by atoms with Crippen LogP contribution in [0.2, 0.25) is 0 Å². The van der Waals surface area contributed by atoms with Crippen LogP contribution in [0.5, 0.6) is 5.75 Å². The number of aliphatic hydroxyl groups is 1. The first kappa shape index (κ1) is 15.0. The Morgan fingerprint density at radius 1 is 1.25 bits per heavy atom. The fourth-order valence-electron chi connectivity index (χ4n) is 2.30. The Morgan fingerprint density at radius 3 is 2.60 bits per heavy atom. The van der Waals surface area contributed by atoms with E-state index in [-0.39, 0.29) is 5.82 Å². The fourth-order valence-corrected chi connectivity index (χ4v) is 2.81. The van der Waals surface area contributed by atoms with Gasteiger partial charge in [-0.1, -0.05) is 34.1 Å². The lowest BCUT2D eigenvalue weighted by Gasteiger charge is -2.26. The monoisotopic (exact) mass is 338 g/mol. The summed E-state index contributed by atoms with van der Waals surface area (Å²) < 4.78 is 19.3. The van der Waals surface area contributed by atoms with Gasteiger partial charge < -0.3 is 9.84 Å². The minimum atomic E-state index is -1.14. The Hall–Kier alpha value is -1.39. The number of hydrogen-bond donors (Lipinski definition) is 1. The van der Waals surface area contributed by atoms with Crippen LogP contribution in [0, 0.1) is 5.82 Å². The zero-order valence-corrected chi connectivity index (χ0v) is 12.9. The molecule has 0 saturated carbocycles. The van der Waals surface area contributed by atoms with Crippen LogP contribution in [-0.4, -0.2) is 12.2 Å². The third-order valence-electron chi connectivity index (χ3n) is 3.16. The molecular weight excluding hydrogens is 323 g/mol. The van der Waals surface area contributed by atoms with Crippen molar-refractivity contribution < 1.29 is 14.2 Å². The van der Waals surface area contributed by atoms with E-state index in [1.807, 2.05) is 18.2 Å². The number of hydrogen-bond acceptors (Lipinski definition) is 2. The number of ether oxygens (including phenoxy) is 1. The van der Waals surface area contributed by atoms with E-state index in [2.05, 4.69) is 15.9 Å². The number of benzene rings is 2. The van der Waals surface area contributed by atoms with E-state index < -0.39 is 5.60 Å². The summed E-state index contributed by atoms with van der Waals surface area (Å²) in [5, 5.41) is 10.7. The molecule has 1 unspecified atom stereocenters. The minimum absolute atomic E-state index is 0.295. The second kappa shape index (κ2) is 5.94. The molecule has 2 aromatic carbocycles. The third kappa shape index (κ3) is 3.38. The third-order valence-corrected chi connectivity index (χ3v) is 3.62. The summed E-state index contributed by atoms with van der Waals surface area (Å²) in [6.45, 7) is 1.70. The van der Waals surface area contributed by atoms with Gasteiger partial charge in [-0.15, -0.1) is 0 Å². The number of rotatable bonds is 4. The van der Waals surface area contributed by atoms with Crippen LogP contribution in [0.15, 0.2) is 46.9 Å². The molecule has 106 valence electrons. The molecule has 20 heavy (non-hydrogen) atoms. The Labute approximate surface area is 126 Å². The molecule has 0 spiro atoms. The van der Waals surface area contributed by atoms with Gasteiger partial charge in [-0.3, -0.25) is 0 Å². The summed E-state index contributed by atoms with van der Waals surface area (Å²) in [4.78, 5) is 0. The van der Waals surface area contributed by atoms with Gasteiger partial charge in [-0.2, -0.15) is 0 Å². The molecule has 2 aromatic rings. The van der Waals surface area contributed by atoms with Crippen LogP contribution in [0.25, 0.3) is 0 Å². The van der Waals surface area contributed by atoms with Gasteiger partial charge >= 0.3 is 0 Å². The van der Waals surface area contributed by atoms with E-state index in [0.717, 1.165) is 0 Å². The van der Waals surface area contributed by atoms with E-state index in [4.69, 9.17) is 4.74 Å². The Morgan fingerprint density at radius 2 is 1.95 bits per heavy atom. The predicted molar refractivity (Wildman–Crippen MR) is 80.4 cm³/mol. The number of halogens is 2. The van der Waals surface area contributed by atoms with Gasteiger partial charge in [0.15, 0.2) is 0 Å². The molecule has 0 aliphatic carbocycles. The van der Waals surface area contributed by atoms with E-state index in [9.17, 15) is 9.50 Å². The Balaban J connectivity index is 2.35. The maximum absolute atomic E-state index is 13.4. The van der Waals surface area contributed by atoms with E-state index in [0.29, 0.717) is 27.8 Å². The molecule has 0 bridgehead atoms. The highest BCUT2D eigenvalue weighted by Gasteiger charge is 2.27. The van der Waals surface area contributed by atoms with E-state index >= 15 is 0 Å². The molecular formula is C16H16BrFO2. The summed E-state index contributed by atoms with van der Waals surface area (Å²) in [7, 11) is 1.56. The maximum Gasteiger partial charge on any atom is 0.124 e. The number of methoxy groups -OCH3 is 1. The molecule has 0 aliphatic heterocycles. The van der Waals surface area contributed by atoms with Crippen LogP contribution >= 0.6 is 15.9 Å². The largest absolute Gasteiger partial charge is 0.496 e. The first-order chi connectivity index (χ1) is 9.42. The van der Waals surface area contributed by atoms with Crippen molar-refractivity contribution in [1.29, 1.82) is 0 Å². The second-order valence-electron chi connectivity index (χ2n) is 4.93. The fraction of sp³-hybridized carbons (Fsp3) is 0.250. The Kier molecular flexibility index (Phi) is 4.45. The lowest BCUT2D eigenvalue weighted by molar-refractivity contribution is 0.0549. The average Bonchev–Trinajstić information content (AvgIpc) is 2.36. The van der Waals surface area contributed by atoms with Gasteiger partial charge in [-0.25, -0.2) is 4.39 Å². The van der Waals surface area contributed by atoms with Crippen LogP contribution in [0.1, 0.15) is 18.1 Å². The molecule has 2 nitrogen and oxygen atoms in total. The van der Waals surface area contributed by atoms with E-state index in [1.54, 1.807) is 26.2 Å². The lowest BCUT2D eigenvalue weighted by atomic mass is 9.88. The van der Waals surface area contributed by atoms with Crippen molar-refractivity contribution in [3.8, 4) is 5.75 Å². The summed E-state index contributed by atoms with van der Waals surface area (Å²) in [6.07, 6.45) is 0.295. The second-order valence-corrected chi connectivity index (χ2v) is 5.84. The van der Waals surface area contributed by atoms with E-state index in [1.165, 1.54) is 12.1 Å². The van der Waals surface area contributed by atoms with Crippen LogP contribution in [-0.2, 0) is 12.0 Å².